The summed E-state index contributed by atoms with van der Waals surface area (Å²) in [4.78, 5) is 0.653. The number of aliphatic hydroxyl groups is 1. The van der Waals surface area contributed by atoms with Crippen molar-refractivity contribution in [3.8, 4) is 0 Å². The number of thiophene rings is 1. The van der Waals surface area contributed by atoms with Crippen molar-refractivity contribution >= 4 is 21.4 Å². The molecule has 0 fully saturated rings. The highest BCUT2D eigenvalue weighted by atomic mass is 32.2. The molecule has 0 aliphatic heterocycles. The lowest BCUT2D eigenvalue weighted by Gasteiger charge is -2.25. The predicted octanol–water partition coefficient (Wildman–Crippen LogP) is 1.13. The monoisotopic (exact) mass is 287 g/mol. The van der Waals surface area contributed by atoms with E-state index >= 15 is 0 Å². The van der Waals surface area contributed by atoms with Gasteiger partial charge in [0.05, 0.1) is 18.8 Å². The first-order valence-corrected chi connectivity index (χ1v) is 7.92. The third-order valence-corrected chi connectivity index (χ3v) is 4.21. The maximum atomic E-state index is 11.2. The van der Waals surface area contributed by atoms with Crippen LogP contribution in [0.3, 0.4) is 0 Å². The topological polar surface area (TPSA) is 79.5 Å². The van der Waals surface area contributed by atoms with E-state index in [1.807, 2.05) is 5.38 Å². The van der Waals surface area contributed by atoms with Crippen molar-refractivity contribution in [2.24, 2.45) is 0 Å². The average Bonchev–Trinajstić information content (AvgIpc) is 2.97. The van der Waals surface area contributed by atoms with Gasteiger partial charge in [-0.2, -0.15) is 0 Å². The van der Waals surface area contributed by atoms with Gasteiger partial charge in [-0.25, -0.2) is 13.1 Å². The summed E-state index contributed by atoms with van der Waals surface area (Å²) in [6.45, 7) is -0.133. The first kappa shape index (κ1) is 13.3. The Morgan fingerprint density at radius 2 is 2.28 bits per heavy atom. The molecule has 0 aliphatic carbocycles. The molecular weight excluding hydrogens is 274 g/mol. The van der Waals surface area contributed by atoms with Crippen molar-refractivity contribution in [2.75, 3.05) is 12.8 Å². The fourth-order valence-electron chi connectivity index (χ4n) is 1.58. The smallest absolute Gasteiger partial charge is 0.208 e. The molecule has 2 heterocycles. The van der Waals surface area contributed by atoms with Gasteiger partial charge in [0.2, 0.25) is 10.0 Å². The Hall–Kier alpha value is -1.15. The Balaban J connectivity index is 2.35. The second-order valence-electron chi connectivity index (χ2n) is 3.94. The second-order valence-corrected chi connectivity index (χ2v) is 6.72. The van der Waals surface area contributed by atoms with Gasteiger partial charge in [-0.15, -0.1) is 11.3 Å². The molecule has 0 unspecified atom stereocenters. The molecule has 5 nitrogen and oxygen atoms in total. The molecule has 0 aromatic carbocycles. The fraction of sp³-hybridized carbons (Fsp3) is 0.273. The van der Waals surface area contributed by atoms with Crippen molar-refractivity contribution in [1.29, 1.82) is 0 Å². The zero-order valence-corrected chi connectivity index (χ0v) is 11.3. The molecule has 98 valence electrons. The van der Waals surface area contributed by atoms with Crippen molar-refractivity contribution < 1.29 is 17.9 Å². The van der Waals surface area contributed by atoms with Crippen molar-refractivity contribution in [1.82, 2.24) is 4.72 Å². The Bertz CT molecular complexity index is 553. The summed E-state index contributed by atoms with van der Waals surface area (Å²) in [5.74, 6) is 0. The SMILES string of the molecule is CS(=O)(=O)NC[C@](O)(c1ccoc1)c1cccs1. The zero-order valence-electron chi connectivity index (χ0n) is 9.66. The van der Waals surface area contributed by atoms with Crippen LogP contribution in [0.2, 0.25) is 0 Å². The van der Waals surface area contributed by atoms with Crippen LogP contribution in [-0.2, 0) is 15.6 Å². The van der Waals surface area contributed by atoms with Gasteiger partial charge in [0.25, 0.3) is 0 Å². The molecule has 0 aliphatic rings. The van der Waals surface area contributed by atoms with Gasteiger partial charge in [-0.3, -0.25) is 0 Å². The highest BCUT2D eigenvalue weighted by Gasteiger charge is 2.34. The van der Waals surface area contributed by atoms with E-state index in [2.05, 4.69) is 4.72 Å². The lowest BCUT2D eigenvalue weighted by atomic mass is 9.95. The predicted molar refractivity (Wildman–Crippen MR) is 68.9 cm³/mol. The third-order valence-electron chi connectivity index (χ3n) is 2.52. The van der Waals surface area contributed by atoms with E-state index in [0.717, 1.165) is 6.26 Å². The summed E-state index contributed by atoms with van der Waals surface area (Å²) in [5.41, 5.74) is -0.898. The molecule has 2 rings (SSSR count). The number of hydrogen-bond acceptors (Lipinski definition) is 5. The summed E-state index contributed by atoms with van der Waals surface area (Å²) in [7, 11) is -3.38. The van der Waals surface area contributed by atoms with Gasteiger partial charge >= 0.3 is 0 Å². The fourth-order valence-corrected chi connectivity index (χ4v) is 2.90. The summed E-state index contributed by atoms with van der Waals surface area (Å²) in [6.07, 6.45) is 3.90. The van der Waals surface area contributed by atoms with Gasteiger partial charge < -0.3 is 9.52 Å². The molecule has 0 bridgehead atoms. The molecule has 0 spiro atoms. The Labute approximate surface area is 109 Å². The van der Waals surface area contributed by atoms with Crippen LogP contribution in [0.5, 0.6) is 0 Å². The molecule has 0 saturated carbocycles. The maximum Gasteiger partial charge on any atom is 0.208 e. The minimum absolute atomic E-state index is 0.133. The minimum atomic E-state index is -3.38. The highest BCUT2D eigenvalue weighted by molar-refractivity contribution is 7.88. The molecule has 0 saturated heterocycles. The first-order valence-electron chi connectivity index (χ1n) is 5.15. The number of hydrogen-bond donors (Lipinski definition) is 2. The Kier molecular flexibility index (Phi) is 3.58. The number of rotatable bonds is 5. The van der Waals surface area contributed by atoms with Crippen LogP contribution >= 0.6 is 11.3 Å². The van der Waals surface area contributed by atoms with Crippen molar-refractivity contribution in [3.63, 3.8) is 0 Å². The van der Waals surface area contributed by atoms with Crippen LogP contribution in [0, 0.1) is 0 Å². The molecule has 2 aromatic heterocycles. The molecule has 2 aromatic rings. The summed E-state index contributed by atoms with van der Waals surface area (Å²) in [6, 6.07) is 5.16. The van der Waals surface area contributed by atoms with E-state index in [1.165, 1.54) is 23.9 Å². The van der Waals surface area contributed by atoms with E-state index in [-0.39, 0.29) is 6.54 Å². The van der Waals surface area contributed by atoms with Crippen LogP contribution in [0.1, 0.15) is 10.4 Å². The van der Waals surface area contributed by atoms with Crippen LogP contribution < -0.4 is 4.72 Å². The summed E-state index contributed by atoms with van der Waals surface area (Å²) < 4.78 is 29.6. The second kappa shape index (κ2) is 4.85. The molecule has 2 N–H and O–H groups in total. The zero-order chi connectivity index (χ0) is 13.2. The van der Waals surface area contributed by atoms with Gasteiger partial charge in [-0.05, 0) is 17.5 Å². The van der Waals surface area contributed by atoms with E-state index < -0.39 is 15.6 Å². The van der Waals surface area contributed by atoms with Crippen LogP contribution in [0.15, 0.2) is 40.5 Å². The molecule has 0 amide bonds. The summed E-state index contributed by atoms with van der Waals surface area (Å²) >= 11 is 1.35. The molecular formula is C11H13NO4S2. The van der Waals surface area contributed by atoms with Crippen molar-refractivity contribution in [3.05, 3.63) is 46.5 Å². The number of nitrogens with one attached hydrogen (secondary N) is 1. The molecule has 18 heavy (non-hydrogen) atoms. The number of sulfonamides is 1. The highest BCUT2D eigenvalue weighted by Crippen LogP contribution is 2.32. The lowest BCUT2D eigenvalue weighted by molar-refractivity contribution is 0.0892. The normalized spacial score (nSPS) is 15.4. The minimum Gasteiger partial charge on any atom is -0.472 e. The third kappa shape index (κ3) is 2.81. The van der Waals surface area contributed by atoms with Gasteiger partial charge in [-0.1, -0.05) is 6.07 Å². The van der Waals surface area contributed by atoms with Crippen LogP contribution in [0.25, 0.3) is 0 Å². The largest absolute Gasteiger partial charge is 0.472 e. The Morgan fingerprint density at radius 3 is 2.78 bits per heavy atom. The first-order chi connectivity index (χ1) is 8.42. The van der Waals surface area contributed by atoms with Gasteiger partial charge in [0, 0.05) is 17.0 Å². The molecule has 0 radical (unpaired) electrons. The van der Waals surface area contributed by atoms with Crippen LogP contribution in [-0.4, -0.2) is 26.3 Å². The van der Waals surface area contributed by atoms with E-state index in [9.17, 15) is 13.5 Å². The number of furan rings is 1. The van der Waals surface area contributed by atoms with E-state index in [1.54, 1.807) is 18.2 Å². The van der Waals surface area contributed by atoms with E-state index in [4.69, 9.17) is 4.42 Å². The molecule has 7 heteroatoms. The summed E-state index contributed by atoms with van der Waals surface area (Å²) in [5, 5.41) is 12.5. The Morgan fingerprint density at radius 1 is 1.50 bits per heavy atom. The van der Waals surface area contributed by atoms with Gasteiger partial charge in [0.15, 0.2) is 0 Å². The van der Waals surface area contributed by atoms with Crippen LogP contribution in [0.4, 0.5) is 0 Å². The standard InChI is InChI=1S/C11H13NO4S2/c1-18(14,15)12-8-11(13,9-4-5-16-7-9)10-3-2-6-17-10/h2-7,12-13H,8H2,1H3/t11-/m0/s1. The molecule has 1 atom stereocenters. The van der Waals surface area contributed by atoms with Gasteiger partial charge in [0.1, 0.15) is 5.60 Å². The quantitative estimate of drug-likeness (QED) is 0.864. The van der Waals surface area contributed by atoms with E-state index in [0.29, 0.717) is 10.4 Å². The maximum absolute atomic E-state index is 11.2. The van der Waals surface area contributed by atoms with Crippen molar-refractivity contribution in [2.45, 2.75) is 5.60 Å². The lowest BCUT2D eigenvalue weighted by Crippen LogP contribution is -2.40. The average molecular weight is 287 g/mol.